The van der Waals surface area contributed by atoms with Crippen LogP contribution in [0.5, 0.6) is 5.75 Å². The number of sulfonamides is 1. The van der Waals surface area contributed by atoms with Gasteiger partial charge in [0.1, 0.15) is 12.4 Å². The lowest BCUT2D eigenvalue weighted by atomic mass is 9.96. The van der Waals surface area contributed by atoms with E-state index in [2.05, 4.69) is 28.0 Å². The van der Waals surface area contributed by atoms with Crippen molar-refractivity contribution in [1.29, 1.82) is 0 Å². The van der Waals surface area contributed by atoms with Crippen molar-refractivity contribution in [1.82, 2.24) is 0 Å². The maximum absolute atomic E-state index is 12.0. The van der Waals surface area contributed by atoms with Gasteiger partial charge in [0.25, 0.3) is 0 Å². The number of fused-ring (bicyclic) bond motifs is 1. The molecule has 1 unspecified atom stereocenters. The maximum atomic E-state index is 12.0. The minimum absolute atomic E-state index is 0.0493. The highest BCUT2D eigenvalue weighted by Crippen LogP contribution is 2.40. The second-order valence-electron chi connectivity index (χ2n) is 8.75. The van der Waals surface area contributed by atoms with Crippen LogP contribution in [-0.4, -0.2) is 25.7 Å². The van der Waals surface area contributed by atoms with Crippen LogP contribution >= 0.6 is 11.3 Å². The van der Waals surface area contributed by atoms with E-state index in [-0.39, 0.29) is 12.3 Å². The number of hydrogen-bond donors (Lipinski definition) is 2. The Hall–Kier alpha value is -3.80. The van der Waals surface area contributed by atoms with Crippen molar-refractivity contribution in [3.05, 3.63) is 82.7 Å². The topological polar surface area (TPSA) is 92.7 Å². The van der Waals surface area contributed by atoms with Crippen molar-refractivity contribution in [2.75, 3.05) is 11.0 Å². The van der Waals surface area contributed by atoms with Gasteiger partial charge >= 0.3 is 5.97 Å². The van der Waals surface area contributed by atoms with Gasteiger partial charge in [-0.2, -0.15) is 0 Å². The summed E-state index contributed by atoms with van der Waals surface area (Å²) in [7, 11) is -3.43. The highest BCUT2D eigenvalue weighted by atomic mass is 32.2. The number of ether oxygens (including phenoxy) is 1. The summed E-state index contributed by atoms with van der Waals surface area (Å²) < 4.78 is 33.7. The summed E-state index contributed by atoms with van der Waals surface area (Å²) in [4.78, 5) is 11.1. The van der Waals surface area contributed by atoms with Crippen molar-refractivity contribution in [3.8, 4) is 28.7 Å². The van der Waals surface area contributed by atoms with Gasteiger partial charge in [-0.3, -0.25) is 9.52 Å². The number of thiophene rings is 1. The van der Waals surface area contributed by atoms with Crippen LogP contribution in [0.15, 0.2) is 66.0 Å². The molecule has 190 valence electrons. The molecule has 4 aromatic rings. The molecule has 4 rings (SSSR count). The number of carbonyl (C=O) groups is 1. The lowest BCUT2D eigenvalue weighted by Gasteiger charge is -2.14. The number of rotatable bonds is 9. The number of anilines is 1. The summed E-state index contributed by atoms with van der Waals surface area (Å²) in [6, 6.07) is 19.1. The molecule has 0 spiro atoms. The molecular weight excluding hydrogens is 506 g/mol. The fourth-order valence-corrected chi connectivity index (χ4v) is 5.74. The molecule has 0 aliphatic carbocycles. The summed E-state index contributed by atoms with van der Waals surface area (Å²) in [5.74, 6) is 5.18. The predicted molar refractivity (Wildman–Crippen MR) is 150 cm³/mol. The van der Waals surface area contributed by atoms with E-state index in [0.717, 1.165) is 44.2 Å². The van der Waals surface area contributed by atoms with Crippen molar-refractivity contribution in [3.63, 3.8) is 0 Å². The Morgan fingerprint density at radius 3 is 2.57 bits per heavy atom. The average molecular weight is 534 g/mol. The Morgan fingerprint density at radius 1 is 1.14 bits per heavy atom. The van der Waals surface area contributed by atoms with E-state index in [9.17, 15) is 13.2 Å². The first-order chi connectivity index (χ1) is 17.6. The number of aliphatic carboxylic acids is 1. The second-order valence-corrected chi connectivity index (χ2v) is 11.4. The first-order valence-corrected chi connectivity index (χ1v) is 14.4. The van der Waals surface area contributed by atoms with Gasteiger partial charge < -0.3 is 9.84 Å². The third kappa shape index (κ3) is 6.50. The van der Waals surface area contributed by atoms with E-state index in [1.54, 1.807) is 24.3 Å². The smallest absolute Gasteiger partial charge is 0.304 e. The lowest BCUT2D eigenvalue weighted by Crippen LogP contribution is -2.10. The van der Waals surface area contributed by atoms with Gasteiger partial charge in [-0.1, -0.05) is 36.3 Å². The van der Waals surface area contributed by atoms with E-state index >= 15 is 0 Å². The van der Waals surface area contributed by atoms with Crippen LogP contribution < -0.4 is 9.46 Å². The maximum Gasteiger partial charge on any atom is 0.304 e. The van der Waals surface area contributed by atoms with Crippen LogP contribution in [-0.2, 0) is 21.4 Å². The lowest BCUT2D eigenvalue weighted by molar-refractivity contribution is -0.137. The molecule has 3 aromatic carbocycles. The fourth-order valence-electron chi connectivity index (χ4n) is 4.23. The summed E-state index contributed by atoms with van der Waals surface area (Å²) >= 11 is 1.61. The molecule has 0 amide bonds. The molecule has 37 heavy (non-hydrogen) atoms. The number of aryl methyl sites for hydroxylation is 1. The van der Waals surface area contributed by atoms with Gasteiger partial charge in [0.2, 0.25) is 10.0 Å². The van der Waals surface area contributed by atoms with E-state index in [1.807, 2.05) is 55.5 Å². The Bertz CT molecular complexity index is 1610. The van der Waals surface area contributed by atoms with E-state index < -0.39 is 16.0 Å². The summed E-state index contributed by atoms with van der Waals surface area (Å²) in [5.41, 5.74) is 5.17. The van der Waals surface area contributed by atoms with Crippen LogP contribution in [0.3, 0.4) is 0 Å². The Labute approximate surface area is 221 Å². The minimum Gasteiger partial charge on any atom is -0.489 e. The average Bonchev–Trinajstić information content (AvgIpc) is 3.24. The van der Waals surface area contributed by atoms with Gasteiger partial charge in [-0.25, -0.2) is 8.42 Å². The molecule has 0 saturated heterocycles. The first-order valence-electron chi connectivity index (χ1n) is 11.6. The van der Waals surface area contributed by atoms with Gasteiger partial charge in [0.05, 0.1) is 24.3 Å². The van der Waals surface area contributed by atoms with Crippen molar-refractivity contribution < 1.29 is 23.1 Å². The molecule has 6 nitrogen and oxygen atoms in total. The van der Waals surface area contributed by atoms with E-state index in [0.29, 0.717) is 18.0 Å². The van der Waals surface area contributed by atoms with Crippen LogP contribution in [0.1, 0.15) is 36.0 Å². The monoisotopic (exact) mass is 533 g/mol. The third-order valence-electron chi connectivity index (χ3n) is 5.86. The molecule has 0 saturated carbocycles. The van der Waals surface area contributed by atoms with E-state index in [1.165, 1.54) is 0 Å². The standard InChI is InChI=1S/C29H27NO5S2/c1-4-6-22(16-28(31)32)21-10-12-23(13-11-21)35-17-20-9-14-27-24(15-20)25(18-36-27)29-19(2)7-5-8-26(29)30-37(3,33)34/h5,7-15,18,22,30H,16-17H2,1-3H3,(H,31,32). The first kappa shape index (κ1) is 26.3. The number of carboxylic acid groups (broad SMARTS) is 1. The largest absolute Gasteiger partial charge is 0.489 e. The Morgan fingerprint density at radius 2 is 1.89 bits per heavy atom. The zero-order valence-electron chi connectivity index (χ0n) is 20.7. The minimum atomic E-state index is -3.43. The van der Waals surface area contributed by atoms with Gasteiger partial charge in [0, 0.05) is 21.2 Å². The molecule has 0 bridgehead atoms. The molecule has 8 heteroatoms. The number of nitrogens with one attached hydrogen (secondary N) is 1. The second kappa shape index (κ2) is 11.1. The fraction of sp³-hybridized carbons (Fsp3) is 0.207. The van der Waals surface area contributed by atoms with Crippen molar-refractivity contribution in [2.24, 2.45) is 0 Å². The zero-order valence-corrected chi connectivity index (χ0v) is 22.4. The predicted octanol–water partition coefficient (Wildman–Crippen LogP) is 6.41. The van der Waals surface area contributed by atoms with Crippen LogP contribution in [0.4, 0.5) is 5.69 Å². The molecule has 0 aliphatic rings. The SMILES string of the molecule is CC#CC(CC(=O)O)c1ccc(OCc2ccc3scc(-c4c(C)cccc4NS(C)(=O)=O)c3c2)cc1. The normalized spacial score (nSPS) is 12.0. The molecule has 0 radical (unpaired) electrons. The molecule has 0 fully saturated rings. The Balaban J connectivity index is 1.58. The summed E-state index contributed by atoms with van der Waals surface area (Å²) in [6.45, 7) is 4.01. The molecule has 1 aromatic heterocycles. The Kier molecular flexibility index (Phi) is 7.86. The van der Waals surface area contributed by atoms with Crippen LogP contribution in [0.2, 0.25) is 0 Å². The highest BCUT2D eigenvalue weighted by Gasteiger charge is 2.16. The van der Waals surface area contributed by atoms with Gasteiger partial charge in [0.15, 0.2) is 0 Å². The summed E-state index contributed by atoms with van der Waals surface area (Å²) in [6.07, 6.45) is 1.10. The number of benzene rings is 3. The molecule has 0 aliphatic heterocycles. The van der Waals surface area contributed by atoms with Crippen LogP contribution in [0.25, 0.3) is 21.2 Å². The molecule has 1 heterocycles. The highest BCUT2D eigenvalue weighted by molar-refractivity contribution is 7.92. The van der Waals surface area contributed by atoms with Gasteiger partial charge in [-0.05, 0) is 66.2 Å². The number of hydrogen-bond acceptors (Lipinski definition) is 5. The molecule has 1 atom stereocenters. The zero-order chi connectivity index (χ0) is 26.6. The van der Waals surface area contributed by atoms with Crippen LogP contribution in [0, 0.1) is 18.8 Å². The quantitative estimate of drug-likeness (QED) is 0.243. The van der Waals surface area contributed by atoms with Crippen molar-refractivity contribution in [2.45, 2.75) is 32.8 Å². The third-order valence-corrected chi connectivity index (χ3v) is 7.41. The number of carboxylic acids is 1. The van der Waals surface area contributed by atoms with Crippen molar-refractivity contribution >= 4 is 43.1 Å². The summed E-state index contributed by atoms with van der Waals surface area (Å²) in [5, 5.41) is 12.2. The van der Waals surface area contributed by atoms with Gasteiger partial charge in [-0.15, -0.1) is 17.3 Å². The molecular formula is C29H27NO5S2. The molecule has 2 N–H and O–H groups in total. The van der Waals surface area contributed by atoms with E-state index in [4.69, 9.17) is 9.84 Å².